The summed E-state index contributed by atoms with van der Waals surface area (Å²) in [7, 11) is 0. The van der Waals surface area contributed by atoms with Gasteiger partial charge in [-0.1, -0.05) is 0 Å². The summed E-state index contributed by atoms with van der Waals surface area (Å²) in [5.74, 6) is 0.809. The van der Waals surface area contributed by atoms with Gasteiger partial charge in [-0.25, -0.2) is 4.98 Å². The van der Waals surface area contributed by atoms with Crippen molar-refractivity contribution in [2.45, 2.75) is 20.0 Å². The molecular formula is C8H11N5S. The maximum atomic E-state index is 5.49. The largest absolute Gasteiger partial charge is 0.325 e. The molecule has 0 aliphatic carbocycles. The van der Waals surface area contributed by atoms with E-state index in [1.165, 1.54) is 0 Å². The normalized spacial score (nSPS) is 10.7. The Morgan fingerprint density at radius 3 is 3.07 bits per heavy atom. The third-order valence-electron chi connectivity index (χ3n) is 1.91. The van der Waals surface area contributed by atoms with Crippen LogP contribution in [-0.4, -0.2) is 19.7 Å². The van der Waals surface area contributed by atoms with Crippen LogP contribution in [0.1, 0.15) is 11.9 Å². The molecule has 0 bridgehead atoms. The van der Waals surface area contributed by atoms with Crippen LogP contribution in [0.15, 0.2) is 11.7 Å². The van der Waals surface area contributed by atoms with Crippen molar-refractivity contribution in [3.63, 3.8) is 0 Å². The minimum absolute atomic E-state index is 0.477. The van der Waals surface area contributed by atoms with E-state index in [4.69, 9.17) is 5.73 Å². The molecule has 0 aromatic carbocycles. The Morgan fingerprint density at radius 2 is 2.43 bits per heavy atom. The summed E-state index contributed by atoms with van der Waals surface area (Å²) in [6, 6.07) is 0. The third kappa shape index (κ3) is 1.53. The lowest BCUT2D eigenvalue weighted by Gasteiger charge is -1.98. The molecule has 2 aromatic heterocycles. The Bertz CT molecular complexity index is 419. The fourth-order valence-electron chi connectivity index (χ4n) is 1.19. The predicted octanol–water partition coefficient (Wildman–Crippen LogP) is 0.880. The van der Waals surface area contributed by atoms with Crippen molar-refractivity contribution < 1.29 is 0 Å². The summed E-state index contributed by atoms with van der Waals surface area (Å²) in [6.45, 7) is 3.37. The maximum Gasteiger partial charge on any atom is 0.183 e. The van der Waals surface area contributed by atoms with Gasteiger partial charge >= 0.3 is 0 Å². The topological polar surface area (TPSA) is 69.6 Å². The first-order chi connectivity index (χ1) is 6.85. The Morgan fingerprint density at radius 1 is 1.57 bits per heavy atom. The highest BCUT2D eigenvalue weighted by atomic mass is 32.1. The molecule has 0 spiro atoms. The molecule has 2 aromatic rings. The van der Waals surface area contributed by atoms with Gasteiger partial charge in [0.1, 0.15) is 17.0 Å². The molecule has 0 saturated heterocycles. The van der Waals surface area contributed by atoms with Gasteiger partial charge in [-0.2, -0.15) is 0 Å². The van der Waals surface area contributed by atoms with Crippen molar-refractivity contribution in [1.29, 1.82) is 0 Å². The lowest BCUT2D eigenvalue weighted by Crippen LogP contribution is -1.98. The summed E-state index contributed by atoms with van der Waals surface area (Å²) in [4.78, 5) is 4.35. The van der Waals surface area contributed by atoms with E-state index in [0.717, 1.165) is 23.1 Å². The second-order valence-electron chi connectivity index (χ2n) is 2.77. The molecule has 0 fully saturated rings. The van der Waals surface area contributed by atoms with Gasteiger partial charge in [-0.15, -0.1) is 21.5 Å². The van der Waals surface area contributed by atoms with E-state index in [9.17, 15) is 0 Å². The van der Waals surface area contributed by atoms with E-state index >= 15 is 0 Å². The Kier molecular flexibility index (Phi) is 2.55. The van der Waals surface area contributed by atoms with Gasteiger partial charge in [0.2, 0.25) is 0 Å². The molecule has 0 atom stereocenters. The van der Waals surface area contributed by atoms with Crippen LogP contribution in [0.3, 0.4) is 0 Å². The molecule has 0 unspecified atom stereocenters. The fraction of sp³-hybridized carbons (Fsp3) is 0.375. The van der Waals surface area contributed by atoms with Gasteiger partial charge < -0.3 is 10.3 Å². The van der Waals surface area contributed by atoms with Crippen molar-refractivity contribution in [3.8, 4) is 11.5 Å². The maximum absolute atomic E-state index is 5.49. The number of thiazole rings is 1. The zero-order valence-corrected chi connectivity index (χ0v) is 8.66. The van der Waals surface area contributed by atoms with Gasteiger partial charge in [0.15, 0.2) is 5.82 Å². The van der Waals surface area contributed by atoms with Crippen molar-refractivity contribution in [2.75, 3.05) is 0 Å². The smallest absolute Gasteiger partial charge is 0.183 e. The zero-order chi connectivity index (χ0) is 9.97. The highest BCUT2D eigenvalue weighted by Crippen LogP contribution is 2.19. The molecule has 14 heavy (non-hydrogen) atoms. The van der Waals surface area contributed by atoms with Crippen molar-refractivity contribution in [1.82, 2.24) is 19.7 Å². The van der Waals surface area contributed by atoms with E-state index in [0.29, 0.717) is 6.54 Å². The minimum Gasteiger partial charge on any atom is -0.325 e. The lowest BCUT2D eigenvalue weighted by atomic mass is 10.4. The molecular weight excluding hydrogens is 198 g/mol. The van der Waals surface area contributed by atoms with Crippen LogP contribution in [0.25, 0.3) is 11.5 Å². The molecule has 2 rings (SSSR count). The molecule has 2 heterocycles. The average molecular weight is 209 g/mol. The van der Waals surface area contributed by atoms with Crippen LogP contribution in [0.5, 0.6) is 0 Å². The van der Waals surface area contributed by atoms with Crippen LogP contribution in [0, 0.1) is 0 Å². The van der Waals surface area contributed by atoms with Crippen LogP contribution in [-0.2, 0) is 13.1 Å². The molecule has 2 N–H and O–H groups in total. The first-order valence-electron chi connectivity index (χ1n) is 4.37. The summed E-state index contributed by atoms with van der Waals surface area (Å²) in [5.41, 5.74) is 6.35. The molecule has 74 valence electrons. The van der Waals surface area contributed by atoms with Gasteiger partial charge in [0.05, 0.1) is 0 Å². The molecule has 0 radical (unpaired) electrons. The third-order valence-corrected chi connectivity index (χ3v) is 2.78. The van der Waals surface area contributed by atoms with Crippen LogP contribution >= 0.6 is 11.3 Å². The van der Waals surface area contributed by atoms with Crippen molar-refractivity contribution in [3.05, 3.63) is 16.7 Å². The predicted molar refractivity (Wildman–Crippen MR) is 54.7 cm³/mol. The standard InChI is InChI=1S/C8H11N5S/c1-2-13-5-10-12-8(13)6-4-14-7(3-9)11-6/h4-5H,2-3,9H2,1H3. The van der Waals surface area contributed by atoms with Gasteiger partial charge in [-0.3, -0.25) is 0 Å². The second kappa shape index (κ2) is 3.85. The molecule has 0 aliphatic heterocycles. The summed E-state index contributed by atoms with van der Waals surface area (Å²) in [6.07, 6.45) is 1.71. The second-order valence-corrected chi connectivity index (χ2v) is 3.71. The highest BCUT2D eigenvalue weighted by Gasteiger charge is 2.09. The van der Waals surface area contributed by atoms with Crippen LogP contribution < -0.4 is 5.73 Å². The van der Waals surface area contributed by atoms with Gasteiger partial charge in [0.25, 0.3) is 0 Å². The molecule has 6 heteroatoms. The first-order valence-corrected chi connectivity index (χ1v) is 5.25. The average Bonchev–Trinajstić information content (AvgIpc) is 2.85. The van der Waals surface area contributed by atoms with Gasteiger partial charge in [-0.05, 0) is 6.92 Å². The number of rotatable bonds is 3. The number of hydrogen-bond donors (Lipinski definition) is 1. The van der Waals surface area contributed by atoms with Crippen molar-refractivity contribution in [2.24, 2.45) is 5.73 Å². The van der Waals surface area contributed by atoms with Gasteiger partial charge in [0, 0.05) is 18.5 Å². The summed E-state index contributed by atoms with van der Waals surface area (Å²) < 4.78 is 1.95. The van der Waals surface area contributed by atoms with Crippen LogP contribution in [0.4, 0.5) is 0 Å². The highest BCUT2D eigenvalue weighted by molar-refractivity contribution is 7.09. The van der Waals surface area contributed by atoms with Crippen molar-refractivity contribution >= 4 is 11.3 Å². The zero-order valence-electron chi connectivity index (χ0n) is 7.84. The monoisotopic (exact) mass is 209 g/mol. The number of aromatic nitrogens is 4. The number of nitrogens with zero attached hydrogens (tertiary/aromatic N) is 4. The van der Waals surface area contributed by atoms with E-state index < -0.39 is 0 Å². The number of nitrogens with two attached hydrogens (primary N) is 1. The number of hydrogen-bond acceptors (Lipinski definition) is 5. The molecule has 0 saturated carbocycles. The molecule has 5 nitrogen and oxygen atoms in total. The van der Waals surface area contributed by atoms with E-state index in [1.54, 1.807) is 17.7 Å². The Labute approximate surface area is 85.6 Å². The Hall–Kier alpha value is -1.27. The fourth-order valence-corrected chi connectivity index (χ4v) is 1.85. The van der Waals surface area contributed by atoms with E-state index in [-0.39, 0.29) is 0 Å². The van der Waals surface area contributed by atoms with Crippen LogP contribution in [0.2, 0.25) is 0 Å². The Balaban J connectivity index is 2.38. The first kappa shape index (κ1) is 9.29. The molecule has 0 aliphatic rings. The number of aryl methyl sites for hydroxylation is 1. The SMILES string of the molecule is CCn1cnnc1-c1csc(CN)n1. The minimum atomic E-state index is 0.477. The molecule has 0 amide bonds. The summed E-state index contributed by atoms with van der Waals surface area (Å²) in [5, 5.41) is 10.8. The summed E-state index contributed by atoms with van der Waals surface area (Å²) >= 11 is 1.55. The van der Waals surface area contributed by atoms with E-state index in [1.807, 2.05) is 16.9 Å². The lowest BCUT2D eigenvalue weighted by molar-refractivity contribution is 0.764. The van der Waals surface area contributed by atoms with E-state index in [2.05, 4.69) is 15.2 Å². The quantitative estimate of drug-likeness (QED) is 0.814.